The first-order chi connectivity index (χ1) is 23.6. The van der Waals surface area contributed by atoms with Gasteiger partial charge < -0.3 is 34.4 Å². The van der Waals surface area contributed by atoms with Crippen molar-refractivity contribution in [2.24, 2.45) is 5.92 Å². The summed E-state index contributed by atoms with van der Waals surface area (Å²) in [6, 6.07) is 8.75. The van der Waals surface area contributed by atoms with Crippen molar-refractivity contribution < 1.29 is 28.8 Å². The molecule has 0 unspecified atom stereocenters. The molecule has 12 nitrogen and oxygen atoms in total. The number of aryl methyl sites for hydroxylation is 1. The zero-order valence-electron chi connectivity index (χ0n) is 28.8. The van der Waals surface area contributed by atoms with E-state index >= 15 is 0 Å². The van der Waals surface area contributed by atoms with Crippen LogP contribution in [-0.4, -0.2) is 93.9 Å². The number of aliphatic hydroxyl groups is 1. The fraction of sp³-hybridized carbons (Fsp3) is 0.583. The summed E-state index contributed by atoms with van der Waals surface area (Å²) in [6.45, 7) is 10.7. The number of benzene rings is 1. The Morgan fingerprint density at radius 2 is 1.76 bits per heavy atom. The maximum atomic E-state index is 14.1. The predicted octanol–water partition coefficient (Wildman–Crippen LogP) is 5.28. The number of β-amino-alcohol motifs (C(OH)–C–C–N with tert-alkyl or cyclic N) is 1. The number of thiazole rings is 1. The van der Waals surface area contributed by atoms with Crippen LogP contribution in [0.25, 0.3) is 10.4 Å². The van der Waals surface area contributed by atoms with E-state index in [9.17, 15) is 19.5 Å². The van der Waals surface area contributed by atoms with Gasteiger partial charge in [-0.05, 0) is 50.2 Å². The number of piperidine rings is 2. The highest BCUT2D eigenvalue weighted by Gasteiger charge is 2.43. The van der Waals surface area contributed by atoms with E-state index in [0.29, 0.717) is 37.5 Å². The van der Waals surface area contributed by atoms with Crippen LogP contribution in [0.15, 0.2) is 40.4 Å². The first-order valence-corrected chi connectivity index (χ1v) is 18.4. The summed E-state index contributed by atoms with van der Waals surface area (Å²) in [7, 11) is 0. The van der Waals surface area contributed by atoms with E-state index in [2.05, 4.69) is 20.4 Å². The number of aliphatic hydroxyl groups excluding tert-OH is 1. The van der Waals surface area contributed by atoms with Crippen molar-refractivity contribution in [3.8, 4) is 10.4 Å². The van der Waals surface area contributed by atoms with Crippen LogP contribution < -0.4 is 10.2 Å². The van der Waals surface area contributed by atoms with Gasteiger partial charge in [0.05, 0.1) is 28.2 Å². The Hall–Kier alpha value is -3.97. The summed E-state index contributed by atoms with van der Waals surface area (Å²) in [5.41, 5.74) is 4.83. The molecule has 4 atom stereocenters. The van der Waals surface area contributed by atoms with Crippen molar-refractivity contribution in [1.29, 1.82) is 0 Å². The molecular formula is C36H48N6O6S. The average Bonchev–Trinajstić information content (AvgIpc) is 3.85. The molecule has 3 amide bonds. The molecule has 0 aliphatic carbocycles. The number of ether oxygens (including phenoxy) is 1. The van der Waals surface area contributed by atoms with Crippen LogP contribution in [0.4, 0.5) is 10.6 Å². The van der Waals surface area contributed by atoms with Crippen molar-refractivity contribution in [2.75, 3.05) is 37.6 Å². The lowest BCUT2D eigenvalue weighted by atomic mass is 9.91. The highest BCUT2D eigenvalue weighted by atomic mass is 32.1. The fourth-order valence-electron chi connectivity index (χ4n) is 7.19. The lowest BCUT2D eigenvalue weighted by Gasteiger charge is -2.33. The number of aromatic nitrogens is 2. The Bertz CT molecular complexity index is 1590. The highest BCUT2D eigenvalue weighted by Crippen LogP contribution is 2.34. The summed E-state index contributed by atoms with van der Waals surface area (Å²) < 4.78 is 11.6. The molecule has 3 aliphatic rings. The minimum atomic E-state index is -0.806. The van der Waals surface area contributed by atoms with Crippen LogP contribution in [0.5, 0.6) is 0 Å². The van der Waals surface area contributed by atoms with E-state index in [0.717, 1.165) is 54.0 Å². The van der Waals surface area contributed by atoms with Crippen LogP contribution >= 0.6 is 11.3 Å². The molecule has 0 bridgehead atoms. The van der Waals surface area contributed by atoms with Crippen molar-refractivity contribution >= 4 is 35.1 Å². The molecule has 3 aliphatic heterocycles. The van der Waals surface area contributed by atoms with Gasteiger partial charge in [0.15, 0.2) is 11.6 Å². The molecule has 13 heteroatoms. The molecule has 49 heavy (non-hydrogen) atoms. The largest absolute Gasteiger partial charge is 0.446 e. The van der Waals surface area contributed by atoms with Gasteiger partial charge in [-0.3, -0.25) is 9.59 Å². The van der Waals surface area contributed by atoms with Gasteiger partial charge in [-0.1, -0.05) is 43.3 Å². The second-order valence-electron chi connectivity index (χ2n) is 13.9. The van der Waals surface area contributed by atoms with Crippen LogP contribution in [0.2, 0.25) is 0 Å². The number of likely N-dealkylation sites (tertiary alicyclic amines) is 2. The number of hydrogen-bond donors (Lipinski definition) is 2. The average molecular weight is 693 g/mol. The van der Waals surface area contributed by atoms with E-state index < -0.39 is 18.1 Å². The lowest BCUT2D eigenvalue weighted by Crippen LogP contribution is -2.48. The van der Waals surface area contributed by atoms with Crippen LogP contribution in [0.1, 0.15) is 88.3 Å². The quantitative estimate of drug-likeness (QED) is 0.307. The highest BCUT2D eigenvalue weighted by molar-refractivity contribution is 7.13. The first-order valence-electron chi connectivity index (χ1n) is 17.6. The Morgan fingerprint density at radius 1 is 1.04 bits per heavy atom. The SMILES string of the molecule is Cc1ncsc1-c1ccc([C@H](C)NC(=O)[C@@H]2C[C@@H](O)CN2C(=O)[C@H](c2cc(N3CCC(OC(=O)N4CCCCC4)CC3)no2)C(C)C)cc1. The smallest absolute Gasteiger partial charge is 0.410 e. The number of anilines is 1. The second-order valence-corrected chi connectivity index (χ2v) is 14.8. The zero-order chi connectivity index (χ0) is 34.7. The number of rotatable bonds is 9. The standard InChI is InChI=1S/C36H48N6O6S/c1-22(2)32(30-19-31(39-48-30)40-16-12-28(13-17-40)47-36(46)41-14-6-5-7-15-41)35(45)42-20-27(43)18-29(42)34(44)38-23(3)25-8-10-26(11-9-25)33-24(4)37-21-49-33/h8-11,19,21-23,27-29,32,43H,5-7,12-18,20H2,1-4H3,(H,38,44)/t23-,27+,29-,32-/m0/s1. The molecule has 1 aromatic carbocycles. The number of carbonyl (C=O) groups is 3. The minimum Gasteiger partial charge on any atom is -0.446 e. The third-order valence-corrected chi connectivity index (χ3v) is 11.0. The normalized spacial score (nSPS) is 21.6. The molecule has 3 aromatic rings. The predicted molar refractivity (Wildman–Crippen MR) is 186 cm³/mol. The summed E-state index contributed by atoms with van der Waals surface area (Å²) in [5, 5.41) is 18.0. The summed E-state index contributed by atoms with van der Waals surface area (Å²) in [5.74, 6) is -0.326. The fourth-order valence-corrected chi connectivity index (χ4v) is 8.00. The topological polar surface area (TPSA) is 141 Å². The zero-order valence-corrected chi connectivity index (χ0v) is 29.7. The van der Waals surface area contributed by atoms with Gasteiger partial charge in [-0.15, -0.1) is 11.3 Å². The van der Waals surface area contributed by atoms with E-state index in [1.165, 1.54) is 4.90 Å². The third kappa shape index (κ3) is 7.93. The Morgan fingerprint density at radius 3 is 2.41 bits per heavy atom. The van der Waals surface area contributed by atoms with Crippen LogP contribution in [0, 0.1) is 12.8 Å². The van der Waals surface area contributed by atoms with Gasteiger partial charge in [0, 0.05) is 58.1 Å². The van der Waals surface area contributed by atoms with Crippen molar-refractivity contribution in [3.05, 3.63) is 52.9 Å². The molecule has 264 valence electrons. The molecule has 0 radical (unpaired) electrons. The second kappa shape index (κ2) is 15.3. The summed E-state index contributed by atoms with van der Waals surface area (Å²) in [4.78, 5) is 51.1. The van der Waals surface area contributed by atoms with E-state index in [4.69, 9.17) is 9.26 Å². The summed E-state index contributed by atoms with van der Waals surface area (Å²) >= 11 is 1.59. The van der Waals surface area contributed by atoms with Gasteiger partial charge in [-0.25, -0.2) is 9.78 Å². The van der Waals surface area contributed by atoms with Gasteiger partial charge in [0.1, 0.15) is 18.1 Å². The Kier molecular flexibility index (Phi) is 10.9. The monoisotopic (exact) mass is 692 g/mol. The van der Waals surface area contributed by atoms with E-state index in [-0.39, 0.29) is 48.9 Å². The Labute approximate surface area is 291 Å². The number of carbonyl (C=O) groups excluding carboxylic acids is 3. The molecule has 5 heterocycles. The van der Waals surface area contributed by atoms with Crippen LogP contribution in [-0.2, 0) is 14.3 Å². The van der Waals surface area contributed by atoms with Crippen molar-refractivity contribution in [3.63, 3.8) is 0 Å². The molecule has 3 fully saturated rings. The van der Waals surface area contributed by atoms with Gasteiger partial charge in [0.2, 0.25) is 11.8 Å². The maximum absolute atomic E-state index is 14.1. The van der Waals surface area contributed by atoms with Gasteiger partial charge in [-0.2, -0.15) is 0 Å². The number of amides is 3. The summed E-state index contributed by atoms with van der Waals surface area (Å²) in [6.07, 6.45) is 3.58. The molecule has 3 saturated heterocycles. The molecule has 2 aromatic heterocycles. The van der Waals surface area contributed by atoms with Gasteiger partial charge >= 0.3 is 6.09 Å². The molecule has 2 N–H and O–H groups in total. The molecule has 0 saturated carbocycles. The third-order valence-electron chi connectivity index (χ3n) is 10.0. The van der Waals surface area contributed by atoms with Crippen LogP contribution in [0.3, 0.4) is 0 Å². The molecular weight excluding hydrogens is 644 g/mol. The van der Waals surface area contributed by atoms with Crippen molar-refractivity contribution in [2.45, 2.75) is 96.4 Å². The minimum absolute atomic E-state index is 0.0715. The molecule has 6 rings (SSSR count). The van der Waals surface area contributed by atoms with E-state index in [1.54, 1.807) is 16.2 Å². The maximum Gasteiger partial charge on any atom is 0.410 e. The molecule has 0 spiro atoms. The number of hydrogen-bond acceptors (Lipinski definition) is 10. The number of nitrogens with zero attached hydrogens (tertiary/aromatic N) is 5. The first kappa shape index (κ1) is 34.9. The lowest BCUT2D eigenvalue weighted by molar-refractivity contribution is -0.141. The van der Waals surface area contributed by atoms with Crippen molar-refractivity contribution in [1.82, 2.24) is 25.3 Å². The number of nitrogens with one attached hydrogen (secondary N) is 1. The van der Waals surface area contributed by atoms with Gasteiger partial charge in [0.25, 0.3) is 0 Å². The van der Waals surface area contributed by atoms with E-state index in [1.807, 2.05) is 63.5 Å². The Balaban J connectivity index is 1.07.